The van der Waals surface area contributed by atoms with Crippen LogP contribution in [0.3, 0.4) is 0 Å². The molecule has 0 unspecified atom stereocenters. The van der Waals surface area contributed by atoms with Gasteiger partial charge in [0.15, 0.2) is 5.78 Å². The van der Waals surface area contributed by atoms with E-state index in [4.69, 9.17) is 14.6 Å². The van der Waals surface area contributed by atoms with E-state index >= 15 is 0 Å². The average Bonchev–Trinajstić information content (AvgIpc) is 3.21. The Morgan fingerprint density at radius 2 is 2.03 bits per heavy atom. The molecule has 0 bridgehead atoms. The molecule has 33 heavy (non-hydrogen) atoms. The van der Waals surface area contributed by atoms with Gasteiger partial charge in [-0.05, 0) is 24.6 Å². The van der Waals surface area contributed by atoms with E-state index in [-0.39, 0.29) is 43.3 Å². The van der Waals surface area contributed by atoms with Crippen molar-refractivity contribution >= 4 is 17.4 Å². The van der Waals surface area contributed by atoms with Crippen molar-refractivity contribution in [3.05, 3.63) is 64.2 Å². The zero-order valence-electron chi connectivity index (χ0n) is 17.7. The van der Waals surface area contributed by atoms with E-state index in [1.54, 1.807) is 24.3 Å². The molecule has 0 amide bonds. The van der Waals surface area contributed by atoms with Crippen LogP contribution in [0.1, 0.15) is 33.8 Å². The summed E-state index contributed by atoms with van der Waals surface area (Å²) >= 11 is 0. The Hall–Kier alpha value is -4.19. The average molecular weight is 455 g/mol. The molecule has 0 aliphatic carbocycles. The molecule has 0 aliphatic rings. The number of Topliss-reactive ketones (excluding diaryl/α,β-unsaturated/α-hetero) is 1. The van der Waals surface area contributed by atoms with Gasteiger partial charge in [-0.25, -0.2) is 14.8 Å². The van der Waals surface area contributed by atoms with E-state index in [2.05, 4.69) is 15.1 Å². The fraction of sp³-hybridized carbons (Fsp3) is 0.286. The van der Waals surface area contributed by atoms with Crippen LogP contribution < -0.4 is 4.74 Å². The second-order valence-corrected chi connectivity index (χ2v) is 6.88. The number of pyridine rings is 2. The zero-order valence-corrected chi connectivity index (χ0v) is 17.7. The van der Waals surface area contributed by atoms with E-state index < -0.39 is 16.7 Å². The second kappa shape index (κ2) is 10.9. The van der Waals surface area contributed by atoms with Gasteiger partial charge in [0.2, 0.25) is 11.6 Å². The van der Waals surface area contributed by atoms with Gasteiger partial charge in [-0.1, -0.05) is 6.07 Å². The first kappa shape index (κ1) is 23.5. The van der Waals surface area contributed by atoms with Crippen LogP contribution in [0.5, 0.6) is 5.88 Å². The molecular weight excluding hydrogens is 434 g/mol. The smallest absolute Gasteiger partial charge is 0.354 e. The van der Waals surface area contributed by atoms with Gasteiger partial charge in [0.25, 0.3) is 0 Å². The van der Waals surface area contributed by atoms with Gasteiger partial charge in [-0.2, -0.15) is 5.10 Å². The molecular formula is C21H21N5O7. The molecule has 12 heteroatoms. The van der Waals surface area contributed by atoms with Crippen LogP contribution in [0.25, 0.3) is 11.3 Å². The van der Waals surface area contributed by atoms with E-state index in [0.717, 1.165) is 0 Å². The van der Waals surface area contributed by atoms with Gasteiger partial charge in [0.1, 0.15) is 18.5 Å². The number of carboxylic acids is 1. The summed E-state index contributed by atoms with van der Waals surface area (Å²) in [5.41, 5.74) is 0.621. The molecule has 3 rings (SSSR count). The lowest BCUT2D eigenvalue weighted by Crippen LogP contribution is -2.10. The number of carboxylic acid groups (broad SMARTS) is 1. The minimum atomic E-state index is -1.11. The Kier molecular flexibility index (Phi) is 7.76. The Morgan fingerprint density at radius 1 is 1.21 bits per heavy atom. The molecule has 0 saturated carbocycles. The number of hydrogen-bond donors (Lipinski definition) is 1. The minimum absolute atomic E-state index is 0.0590. The Balaban J connectivity index is 1.41. The topological polar surface area (TPSA) is 160 Å². The molecule has 1 N–H and O–H groups in total. The first-order chi connectivity index (χ1) is 15.8. The second-order valence-electron chi connectivity index (χ2n) is 6.88. The molecule has 0 saturated heterocycles. The molecule has 3 heterocycles. The SMILES string of the molecule is Cn1cc([N+](=O)[O-])c(C(=O)CCCOCCOc2cc(-c3cccc(C(=O)O)n3)ccn2)n1. The monoisotopic (exact) mass is 455 g/mol. The number of ether oxygens (including phenoxy) is 2. The predicted octanol–water partition coefficient (Wildman–Crippen LogP) is 2.54. The van der Waals surface area contributed by atoms with Crippen LogP contribution in [0.2, 0.25) is 0 Å². The van der Waals surface area contributed by atoms with Crippen LogP contribution in [0.4, 0.5) is 5.69 Å². The van der Waals surface area contributed by atoms with Crippen LogP contribution >= 0.6 is 0 Å². The number of carbonyl (C=O) groups excluding carboxylic acids is 1. The number of ketones is 1. The largest absolute Gasteiger partial charge is 0.477 e. The van der Waals surface area contributed by atoms with Crippen molar-refractivity contribution in [1.82, 2.24) is 19.7 Å². The third-order valence-electron chi connectivity index (χ3n) is 4.44. The highest BCUT2D eigenvalue weighted by atomic mass is 16.6. The predicted molar refractivity (Wildman–Crippen MR) is 114 cm³/mol. The van der Waals surface area contributed by atoms with Crippen LogP contribution in [0.15, 0.2) is 42.7 Å². The van der Waals surface area contributed by atoms with E-state index in [9.17, 15) is 19.7 Å². The molecule has 0 radical (unpaired) electrons. The van der Waals surface area contributed by atoms with Crippen LogP contribution in [0, 0.1) is 10.1 Å². The fourth-order valence-corrected chi connectivity index (χ4v) is 2.93. The van der Waals surface area contributed by atoms with Crippen molar-refractivity contribution in [1.29, 1.82) is 0 Å². The minimum Gasteiger partial charge on any atom is -0.477 e. The summed E-state index contributed by atoms with van der Waals surface area (Å²) in [6.45, 7) is 0.727. The lowest BCUT2D eigenvalue weighted by Gasteiger charge is -2.08. The molecule has 3 aromatic rings. The van der Waals surface area contributed by atoms with Gasteiger partial charge < -0.3 is 14.6 Å². The molecule has 3 aromatic heterocycles. The highest BCUT2D eigenvalue weighted by Gasteiger charge is 2.24. The van der Waals surface area contributed by atoms with E-state index in [1.165, 1.54) is 30.2 Å². The summed E-state index contributed by atoms with van der Waals surface area (Å²) in [5, 5.41) is 23.9. The Bertz CT molecular complexity index is 1160. The maximum atomic E-state index is 12.2. The highest BCUT2D eigenvalue weighted by Crippen LogP contribution is 2.21. The van der Waals surface area contributed by atoms with Crippen molar-refractivity contribution in [2.45, 2.75) is 12.8 Å². The van der Waals surface area contributed by atoms with Crippen LogP contribution in [-0.2, 0) is 11.8 Å². The van der Waals surface area contributed by atoms with Crippen molar-refractivity contribution in [2.75, 3.05) is 19.8 Å². The molecule has 0 aromatic carbocycles. The number of aromatic carboxylic acids is 1. The molecule has 12 nitrogen and oxygen atoms in total. The summed E-state index contributed by atoms with van der Waals surface area (Å²) in [6, 6.07) is 8.05. The summed E-state index contributed by atoms with van der Waals surface area (Å²) in [7, 11) is 1.51. The lowest BCUT2D eigenvalue weighted by atomic mass is 10.1. The number of rotatable bonds is 12. The third-order valence-corrected chi connectivity index (χ3v) is 4.44. The third kappa shape index (κ3) is 6.40. The van der Waals surface area contributed by atoms with E-state index in [0.29, 0.717) is 23.6 Å². The molecule has 0 fully saturated rings. The van der Waals surface area contributed by atoms with Crippen molar-refractivity contribution in [3.63, 3.8) is 0 Å². The molecule has 172 valence electrons. The fourth-order valence-electron chi connectivity index (χ4n) is 2.93. The van der Waals surface area contributed by atoms with Gasteiger partial charge in [0, 0.05) is 37.9 Å². The highest BCUT2D eigenvalue weighted by molar-refractivity contribution is 5.97. The van der Waals surface area contributed by atoms with Crippen LogP contribution in [-0.4, -0.2) is 61.4 Å². The molecule has 0 aliphatic heterocycles. The zero-order chi connectivity index (χ0) is 23.8. The van der Waals surface area contributed by atoms with Crippen molar-refractivity contribution in [3.8, 4) is 17.1 Å². The summed E-state index contributed by atoms with van der Waals surface area (Å²) in [6.07, 6.45) is 3.18. The van der Waals surface area contributed by atoms with Gasteiger partial charge in [-0.15, -0.1) is 0 Å². The lowest BCUT2D eigenvalue weighted by molar-refractivity contribution is -0.385. The number of nitro groups is 1. The Labute approximate surface area is 188 Å². The summed E-state index contributed by atoms with van der Waals surface area (Å²) in [5.74, 6) is -1.19. The maximum Gasteiger partial charge on any atom is 0.354 e. The molecule has 0 atom stereocenters. The number of nitrogens with zero attached hydrogens (tertiary/aromatic N) is 5. The normalized spacial score (nSPS) is 10.7. The standard InChI is InChI=1S/C21H21N5O7/c1-25-13-17(26(30)31)20(24-25)18(27)6-3-9-32-10-11-33-19-12-14(7-8-22-19)15-4-2-5-16(23-15)21(28)29/h2,4-5,7-8,12-13H,3,6,9-11H2,1H3,(H,28,29). The maximum absolute atomic E-state index is 12.2. The first-order valence-corrected chi connectivity index (χ1v) is 9.93. The summed E-state index contributed by atoms with van der Waals surface area (Å²) in [4.78, 5) is 41.8. The van der Waals surface area contributed by atoms with Gasteiger partial charge >= 0.3 is 11.7 Å². The molecule has 0 spiro atoms. The number of aromatic nitrogens is 4. The number of hydrogen-bond acceptors (Lipinski definition) is 9. The van der Waals surface area contributed by atoms with Gasteiger partial charge in [-0.3, -0.25) is 19.6 Å². The Morgan fingerprint density at radius 3 is 2.79 bits per heavy atom. The van der Waals surface area contributed by atoms with Gasteiger partial charge in [0.05, 0.1) is 17.2 Å². The summed E-state index contributed by atoms with van der Waals surface area (Å²) < 4.78 is 12.2. The van der Waals surface area contributed by atoms with Crippen molar-refractivity contribution < 1.29 is 29.1 Å². The number of aryl methyl sites for hydroxylation is 1. The first-order valence-electron chi connectivity index (χ1n) is 9.93. The number of carbonyl (C=O) groups is 2. The van der Waals surface area contributed by atoms with Crippen molar-refractivity contribution in [2.24, 2.45) is 7.05 Å². The quantitative estimate of drug-likeness (QED) is 0.186. The van der Waals surface area contributed by atoms with E-state index in [1.807, 2.05) is 0 Å².